The third-order valence-corrected chi connectivity index (χ3v) is 18.7. The summed E-state index contributed by atoms with van der Waals surface area (Å²) in [5, 5.41) is 40.5. The van der Waals surface area contributed by atoms with Gasteiger partial charge < -0.3 is 48.8 Å². The van der Waals surface area contributed by atoms with Crippen LogP contribution in [0.1, 0.15) is 117 Å². The van der Waals surface area contributed by atoms with Gasteiger partial charge in [-0.1, -0.05) is 60.3 Å². The first-order valence-corrected chi connectivity index (χ1v) is 26.6. The smallest absolute Gasteiger partial charge is 0.303 e. The number of alkyl halides is 2. The zero-order valence-corrected chi connectivity index (χ0v) is 43.8. The number of ether oxygens (including phenoxy) is 6. The number of esters is 2. The van der Waals surface area contributed by atoms with Crippen LogP contribution in [-0.4, -0.2) is 105 Å². The Morgan fingerprint density at radius 2 is 1.09 bits per heavy atom. The van der Waals surface area contributed by atoms with E-state index in [4.69, 9.17) is 74.8 Å². The van der Waals surface area contributed by atoms with Gasteiger partial charge in [0.25, 0.3) is 0 Å². The number of hydrogen-bond acceptors (Lipinski definition) is 12. The molecule has 10 aliphatic rings. The number of benzene rings is 2. The third kappa shape index (κ3) is 10.5. The molecule has 4 N–H and O–H groups in total. The summed E-state index contributed by atoms with van der Waals surface area (Å²) in [4.78, 5) is 23.3. The molecule has 384 valence electrons. The number of aliphatic hydroxyl groups is 4. The highest BCUT2D eigenvalue weighted by atomic mass is 35.5. The van der Waals surface area contributed by atoms with Crippen molar-refractivity contribution >= 4 is 69.5 Å². The van der Waals surface area contributed by atoms with Crippen LogP contribution in [0, 0.1) is 47.3 Å². The number of carbonyl (C=O) groups is 2. The van der Waals surface area contributed by atoms with E-state index in [1.165, 1.54) is 56.3 Å². The molecular weight excluding hydrogens is 982 g/mol. The highest BCUT2D eigenvalue weighted by Gasteiger charge is 2.54. The van der Waals surface area contributed by atoms with Crippen molar-refractivity contribution in [2.75, 3.05) is 13.2 Å². The summed E-state index contributed by atoms with van der Waals surface area (Å²) >= 11 is 26.9. The summed E-state index contributed by atoms with van der Waals surface area (Å²) in [5.41, 5.74) is 7.58. The number of allylic oxidation sites excluding steroid dienone is 4. The van der Waals surface area contributed by atoms with Gasteiger partial charge in [0.15, 0.2) is 6.10 Å². The maximum atomic E-state index is 11.9. The average Bonchev–Trinajstić information content (AvgIpc) is 3.28. The molecule has 12 nitrogen and oxygen atoms in total. The van der Waals surface area contributed by atoms with Crippen molar-refractivity contribution in [2.45, 2.75) is 165 Å². The van der Waals surface area contributed by atoms with Gasteiger partial charge >= 0.3 is 11.9 Å². The molecule has 2 heterocycles. The first-order valence-electron chi connectivity index (χ1n) is 25.1. The van der Waals surface area contributed by atoms with Crippen LogP contribution in [0.2, 0.25) is 10.0 Å². The van der Waals surface area contributed by atoms with Gasteiger partial charge in [0.2, 0.25) is 12.6 Å². The van der Waals surface area contributed by atoms with E-state index < -0.39 is 61.8 Å². The van der Waals surface area contributed by atoms with E-state index in [1.54, 1.807) is 11.6 Å². The quantitative estimate of drug-likeness (QED) is 0.131. The molecule has 8 bridgehead atoms. The van der Waals surface area contributed by atoms with Crippen LogP contribution in [0.15, 0.2) is 47.5 Å². The van der Waals surface area contributed by atoms with E-state index in [1.807, 2.05) is 44.2 Å². The van der Waals surface area contributed by atoms with Crippen molar-refractivity contribution in [3.63, 3.8) is 0 Å². The molecule has 0 amide bonds. The van der Waals surface area contributed by atoms with Crippen molar-refractivity contribution in [1.82, 2.24) is 0 Å². The van der Waals surface area contributed by atoms with Crippen LogP contribution in [0.3, 0.4) is 0 Å². The predicted molar refractivity (Wildman–Crippen MR) is 267 cm³/mol. The maximum absolute atomic E-state index is 11.9. The van der Waals surface area contributed by atoms with Gasteiger partial charge in [-0.2, -0.15) is 0 Å². The Balaban J connectivity index is 0.000000176. The van der Waals surface area contributed by atoms with E-state index in [2.05, 4.69) is 13.8 Å². The standard InChI is InChI=1S/C30H38Cl2O6.C24H30Cl2O6/c1-15-16(2)28(36-19(5)34)29(38-26(15)14-35-18(4)33)37-25-10-21(6-7-24(25)31)17(3)27-22-8-20-9-23(27)13-30(32,11-20)12-22;1-11(19-14-4-12-5-15(19)9-24(26,7-12)8-14)13-2-3-16(25)17(6-13)31-23-22(30)21(29)20(28)18(10-27)32-23/h6-7,10,15-16,20,22-23,26,28-29H,8-9,11-14H2,1-5H3;2-3,6,12,14-15,18,20-23,27-30H,4-5,7-10H2,1H3. The number of carbonyl (C=O) groups excluding carboxylic acids is 2. The highest BCUT2D eigenvalue weighted by molar-refractivity contribution is 6.32. The van der Waals surface area contributed by atoms with Gasteiger partial charge in [0.1, 0.15) is 42.5 Å². The first kappa shape index (κ1) is 52.3. The number of aliphatic hydroxyl groups excluding tert-OH is 4. The highest BCUT2D eigenvalue weighted by Crippen LogP contribution is 2.63. The molecule has 10 fully saturated rings. The van der Waals surface area contributed by atoms with Crippen molar-refractivity contribution in [3.8, 4) is 11.5 Å². The topological polar surface area (TPSA) is 170 Å². The predicted octanol–water partition coefficient (Wildman–Crippen LogP) is 9.91. The Kier molecular flexibility index (Phi) is 15.4. The fourth-order valence-electron chi connectivity index (χ4n) is 14.1. The van der Waals surface area contributed by atoms with Gasteiger partial charge in [-0.05, 0) is 166 Å². The lowest BCUT2D eigenvalue weighted by Crippen LogP contribution is -2.60. The van der Waals surface area contributed by atoms with Crippen LogP contribution in [0.5, 0.6) is 11.5 Å². The number of rotatable bonds is 10. The van der Waals surface area contributed by atoms with Crippen LogP contribution in [-0.2, 0) is 28.5 Å². The van der Waals surface area contributed by atoms with Gasteiger partial charge in [-0.3, -0.25) is 9.59 Å². The van der Waals surface area contributed by atoms with E-state index >= 15 is 0 Å². The molecule has 0 aromatic heterocycles. The van der Waals surface area contributed by atoms with Gasteiger partial charge in [-0.15, -0.1) is 23.2 Å². The van der Waals surface area contributed by atoms with Crippen molar-refractivity contribution < 1.29 is 58.4 Å². The van der Waals surface area contributed by atoms with Gasteiger partial charge in [0.05, 0.1) is 22.8 Å². The number of hydrogen-bond donors (Lipinski definition) is 4. The zero-order valence-electron chi connectivity index (χ0n) is 40.8. The first-order chi connectivity index (χ1) is 33.1. The molecule has 12 rings (SSSR count). The molecule has 2 aromatic carbocycles. The van der Waals surface area contributed by atoms with Crippen LogP contribution >= 0.6 is 46.4 Å². The fraction of sp³-hybridized carbons (Fsp3) is 0.667. The van der Waals surface area contributed by atoms with E-state index in [0.29, 0.717) is 45.2 Å². The summed E-state index contributed by atoms with van der Waals surface area (Å²) in [7, 11) is 0. The molecule has 16 heteroatoms. The molecule has 14 atom stereocenters. The Morgan fingerprint density at radius 3 is 1.51 bits per heavy atom. The summed E-state index contributed by atoms with van der Waals surface area (Å²) in [6.45, 7) is 10.6. The summed E-state index contributed by atoms with van der Waals surface area (Å²) in [6.07, 6.45) is 2.68. The molecule has 0 radical (unpaired) electrons. The monoisotopic (exact) mass is 1050 g/mol. The Morgan fingerprint density at radius 1 is 0.629 bits per heavy atom. The lowest BCUT2D eigenvalue weighted by atomic mass is 9.53. The minimum absolute atomic E-state index is 0.0188. The summed E-state index contributed by atoms with van der Waals surface area (Å²) in [5.74, 6) is 3.46. The second-order valence-corrected chi connectivity index (χ2v) is 24.4. The van der Waals surface area contributed by atoms with Crippen molar-refractivity contribution in [3.05, 3.63) is 68.7 Å². The van der Waals surface area contributed by atoms with Crippen molar-refractivity contribution in [1.29, 1.82) is 0 Å². The zero-order chi connectivity index (χ0) is 50.1. The van der Waals surface area contributed by atoms with Crippen LogP contribution in [0.25, 0.3) is 11.1 Å². The summed E-state index contributed by atoms with van der Waals surface area (Å²) in [6, 6.07) is 11.4. The average molecular weight is 1050 g/mol. The molecule has 14 unspecified atom stereocenters. The minimum atomic E-state index is -1.51. The molecule has 8 saturated carbocycles. The van der Waals surface area contributed by atoms with Crippen molar-refractivity contribution in [2.24, 2.45) is 47.3 Å². The van der Waals surface area contributed by atoms with Gasteiger partial charge in [-0.25, -0.2) is 0 Å². The van der Waals surface area contributed by atoms with E-state index in [-0.39, 0.29) is 34.2 Å². The molecule has 8 aliphatic carbocycles. The molecule has 2 aliphatic heterocycles. The minimum Gasteiger partial charge on any atom is -0.463 e. The second kappa shape index (κ2) is 20.6. The molecule has 2 aromatic rings. The summed E-state index contributed by atoms with van der Waals surface area (Å²) < 4.78 is 34.8. The molecular formula is C54H68Cl4O12. The largest absolute Gasteiger partial charge is 0.463 e. The number of halogens is 4. The van der Waals surface area contributed by atoms with Crippen LogP contribution in [0.4, 0.5) is 0 Å². The lowest BCUT2D eigenvalue weighted by Gasteiger charge is -2.56. The fourth-order valence-corrected chi connectivity index (χ4v) is 15.6. The molecule has 70 heavy (non-hydrogen) atoms. The Labute approximate surface area is 431 Å². The van der Waals surface area contributed by atoms with E-state index in [0.717, 1.165) is 61.5 Å². The second-order valence-electron chi connectivity index (χ2n) is 22.0. The maximum Gasteiger partial charge on any atom is 0.303 e. The molecule has 2 saturated heterocycles. The third-order valence-electron chi connectivity index (χ3n) is 17.2. The van der Waals surface area contributed by atoms with E-state index in [9.17, 15) is 30.0 Å². The van der Waals surface area contributed by atoms with Crippen LogP contribution < -0.4 is 9.47 Å². The Bertz CT molecular complexity index is 2330. The normalized spacial score (nSPS) is 40.0. The Hall–Kier alpha value is -2.62. The lowest BCUT2D eigenvalue weighted by molar-refractivity contribution is -0.277. The van der Waals surface area contributed by atoms with Gasteiger partial charge in [0, 0.05) is 29.5 Å². The SMILES string of the molecule is CC(=C1C2CC3CC1CC(Cl)(C3)C2)c1ccc(Cl)c(OC2OC(CO)C(O)C(O)C2O)c1.CC(=O)OCC1OC(Oc2cc(C(C)=C3C4CC5CC3CC(Cl)(C5)C4)ccc2Cl)C(OC(C)=O)C(C)C1C. The molecule has 0 spiro atoms.